The van der Waals surface area contributed by atoms with E-state index < -0.39 is 0 Å². The van der Waals surface area contributed by atoms with E-state index in [-0.39, 0.29) is 0 Å². The molecule has 1 fully saturated rings. The van der Waals surface area contributed by atoms with Crippen LogP contribution in [-0.2, 0) is 0 Å². The summed E-state index contributed by atoms with van der Waals surface area (Å²) in [6.45, 7) is 4.19. The lowest BCUT2D eigenvalue weighted by Gasteiger charge is -2.08. The summed E-state index contributed by atoms with van der Waals surface area (Å²) in [5.74, 6) is 1.44. The Labute approximate surface area is 88.5 Å². The van der Waals surface area contributed by atoms with E-state index in [1.54, 1.807) is 17.8 Å². The standard InChI is InChI=1S/C10H15N3S/c1-6-5-9(11)13-10(12-6)14-7(2)8-3-4-8/h5,7-8H,3-4H2,1-2H3,(H2,11,12,13). The van der Waals surface area contributed by atoms with Gasteiger partial charge in [0.2, 0.25) is 0 Å². The number of anilines is 1. The highest BCUT2D eigenvalue weighted by atomic mass is 32.2. The molecular weight excluding hydrogens is 194 g/mol. The van der Waals surface area contributed by atoms with Gasteiger partial charge in [0.15, 0.2) is 5.16 Å². The van der Waals surface area contributed by atoms with E-state index in [1.165, 1.54) is 12.8 Å². The maximum absolute atomic E-state index is 5.66. The van der Waals surface area contributed by atoms with Crippen molar-refractivity contribution in [2.75, 3.05) is 5.73 Å². The van der Waals surface area contributed by atoms with Crippen LogP contribution in [0.25, 0.3) is 0 Å². The van der Waals surface area contributed by atoms with E-state index in [4.69, 9.17) is 5.73 Å². The first kappa shape index (κ1) is 9.77. The van der Waals surface area contributed by atoms with Gasteiger partial charge in [-0.1, -0.05) is 18.7 Å². The molecular formula is C10H15N3S. The van der Waals surface area contributed by atoms with Crippen LogP contribution in [0.5, 0.6) is 0 Å². The van der Waals surface area contributed by atoms with Crippen LogP contribution < -0.4 is 5.73 Å². The van der Waals surface area contributed by atoms with Crippen molar-refractivity contribution in [2.45, 2.75) is 37.1 Å². The molecule has 76 valence electrons. The third kappa shape index (κ3) is 2.38. The Kier molecular flexibility index (Phi) is 2.63. The van der Waals surface area contributed by atoms with Gasteiger partial charge in [-0.3, -0.25) is 0 Å². The number of rotatable bonds is 3. The highest BCUT2D eigenvalue weighted by Gasteiger charge is 2.29. The highest BCUT2D eigenvalue weighted by molar-refractivity contribution is 7.99. The average molecular weight is 209 g/mol. The van der Waals surface area contributed by atoms with Crippen molar-refractivity contribution >= 4 is 17.6 Å². The van der Waals surface area contributed by atoms with Crippen LogP contribution in [0.15, 0.2) is 11.2 Å². The molecule has 4 heteroatoms. The zero-order chi connectivity index (χ0) is 10.1. The Morgan fingerprint density at radius 1 is 1.50 bits per heavy atom. The van der Waals surface area contributed by atoms with Gasteiger partial charge in [-0.05, 0) is 25.7 Å². The SMILES string of the molecule is Cc1cc(N)nc(SC(C)C2CC2)n1. The predicted molar refractivity (Wildman–Crippen MR) is 59.2 cm³/mol. The molecule has 0 amide bonds. The van der Waals surface area contributed by atoms with Crippen molar-refractivity contribution in [2.24, 2.45) is 5.92 Å². The van der Waals surface area contributed by atoms with E-state index >= 15 is 0 Å². The van der Waals surface area contributed by atoms with E-state index in [1.807, 2.05) is 6.92 Å². The van der Waals surface area contributed by atoms with E-state index in [0.717, 1.165) is 16.8 Å². The molecule has 0 bridgehead atoms. The molecule has 14 heavy (non-hydrogen) atoms. The molecule has 0 saturated heterocycles. The van der Waals surface area contributed by atoms with Gasteiger partial charge < -0.3 is 5.73 Å². The molecule has 0 radical (unpaired) electrons. The Bertz CT molecular complexity index is 316. The summed E-state index contributed by atoms with van der Waals surface area (Å²) >= 11 is 1.74. The molecule has 2 rings (SSSR count). The first-order valence-corrected chi connectivity index (χ1v) is 5.81. The Balaban J connectivity index is 2.07. The summed E-state index contributed by atoms with van der Waals surface area (Å²) in [5.41, 5.74) is 6.61. The van der Waals surface area contributed by atoms with Gasteiger partial charge in [0.1, 0.15) is 5.82 Å². The topological polar surface area (TPSA) is 51.8 Å². The molecule has 1 saturated carbocycles. The van der Waals surface area contributed by atoms with Crippen molar-refractivity contribution in [3.8, 4) is 0 Å². The zero-order valence-corrected chi connectivity index (χ0v) is 9.34. The smallest absolute Gasteiger partial charge is 0.189 e. The maximum Gasteiger partial charge on any atom is 0.189 e. The fourth-order valence-corrected chi connectivity index (χ4v) is 2.60. The fraction of sp³-hybridized carbons (Fsp3) is 0.600. The van der Waals surface area contributed by atoms with Crippen molar-refractivity contribution in [1.29, 1.82) is 0 Å². The number of nitrogens with zero attached hydrogens (tertiary/aromatic N) is 2. The molecule has 1 aromatic rings. The number of nitrogens with two attached hydrogens (primary N) is 1. The summed E-state index contributed by atoms with van der Waals surface area (Å²) in [5, 5.41) is 1.44. The number of hydrogen-bond donors (Lipinski definition) is 1. The second-order valence-corrected chi connectivity index (χ2v) is 5.22. The minimum atomic E-state index is 0.572. The van der Waals surface area contributed by atoms with Crippen molar-refractivity contribution < 1.29 is 0 Å². The van der Waals surface area contributed by atoms with Crippen molar-refractivity contribution in [1.82, 2.24) is 9.97 Å². The van der Waals surface area contributed by atoms with Gasteiger partial charge in [-0.2, -0.15) is 0 Å². The number of nitrogen functional groups attached to an aromatic ring is 1. The van der Waals surface area contributed by atoms with Gasteiger partial charge in [0.25, 0.3) is 0 Å². The second-order valence-electron chi connectivity index (χ2n) is 3.88. The zero-order valence-electron chi connectivity index (χ0n) is 8.53. The normalized spacial score (nSPS) is 18.1. The van der Waals surface area contributed by atoms with Gasteiger partial charge in [-0.15, -0.1) is 0 Å². The van der Waals surface area contributed by atoms with Crippen molar-refractivity contribution in [3.63, 3.8) is 0 Å². The van der Waals surface area contributed by atoms with Crippen molar-refractivity contribution in [3.05, 3.63) is 11.8 Å². The predicted octanol–water partition coefficient (Wildman–Crippen LogP) is 2.26. The molecule has 2 N–H and O–H groups in total. The number of hydrogen-bond acceptors (Lipinski definition) is 4. The van der Waals surface area contributed by atoms with Crippen LogP contribution >= 0.6 is 11.8 Å². The quantitative estimate of drug-likeness (QED) is 0.613. The summed E-state index contributed by atoms with van der Waals surface area (Å²) in [4.78, 5) is 8.57. The fourth-order valence-electron chi connectivity index (χ4n) is 1.45. The van der Waals surface area contributed by atoms with Crippen LogP contribution in [0, 0.1) is 12.8 Å². The molecule has 1 aliphatic carbocycles. The monoisotopic (exact) mass is 209 g/mol. The second kappa shape index (κ2) is 3.77. The van der Waals surface area contributed by atoms with Gasteiger partial charge in [-0.25, -0.2) is 9.97 Å². The Hall–Kier alpha value is -0.770. The van der Waals surface area contributed by atoms with E-state index in [2.05, 4.69) is 16.9 Å². The molecule has 0 spiro atoms. The lowest BCUT2D eigenvalue weighted by atomic mass is 10.3. The van der Waals surface area contributed by atoms with Gasteiger partial charge in [0.05, 0.1) is 0 Å². The average Bonchev–Trinajstić information content (AvgIpc) is 2.82. The largest absolute Gasteiger partial charge is 0.384 e. The molecule has 1 aromatic heterocycles. The molecule has 1 atom stereocenters. The molecule has 1 unspecified atom stereocenters. The van der Waals surface area contributed by atoms with Gasteiger partial charge >= 0.3 is 0 Å². The van der Waals surface area contributed by atoms with Crippen LogP contribution in [0.4, 0.5) is 5.82 Å². The van der Waals surface area contributed by atoms with Crippen LogP contribution in [0.2, 0.25) is 0 Å². The minimum absolute atomic E-state index is 0.572. The Morgan fingerprint density at radius 3 is 2.79 bits per heavy atom. The lowest BCUT2D eigenvalue weighted by Crippen LogP contribution is -2.02. The summed E-state index contributed by atoms with van der Waals surface area (Å²) in [6.07, 6.45) is 2.71. The lowest BCUT2D eigenvalue weighted by molar-refractivity contribution is 0.809. The summed E-state index contributed by atoms with van der Waals surface area (Å²) < 4.78 is 0. The maximum atomic E-state index is 5.66. The van der Waals surface area contributed by atoms with E-state index in [0.29, 0.717) is 11.1 Å². The van der Waals surface area contributed by atoms with Crippen LogP contribution in [0.3, 0.4) is 0 Å². The first-order valence-electron chi connectivity index (χ1n) is 4.93. The number of aryl methyl sites for hydroxylation is 1. The first-order chi connectivity index (χ1) is 6.65. The number of aromatic nitrogens is 2. The number of thioether (sulfide) groups is 1. The summed E-state index contributed by atoms with van der Waals surface area (Å²) in [6, 6.07) is 1.80. The third-order valence-electron chi connectivity index (χ3n) is 2.43. The molecule has 1 heterocycles. The molecule has 0 aromatic carbocycles. The molecule has 0 aliphatic heterocycles. The molecule has 1 aliphatic rings. The van der Waals surface area contributed by atoms with Crippen LogP contribution in [-0.4, -0.2) is 15.2 Å². The molecule has 3 nitrogen and oxygen atoms in total. The van der Waals surface area contributed by atoms with Gasteiger partial charge in [0, 0.05) is 17.0 Å². The summed E-state index contributed by atoms with van der Waals surface area (Å²) in [7, 11) is 0. The third-order valence-corrected chi connectivity index (χ3v) is 3.58. The Morgan fingerprint density at radius 2 is 2.21 bits per heavy atom. The minimum Gasteiger partial charge on any atom is -0.384 e. The van der Waals surface area contributed by atoms with Crippen LogP contribution in [0.1, 0.15) is 25.5 Å². The van der Waals surface area contributed by atoms with E-state index in [9.17, 15) is 0 Å². The highest BCUT2D eigenvalue weighted by Crippen LogP contribution is 2.40.